The Bertz CT molecular complexity index is 1730. The van der Waals surface area contributed by atoms with Gasteiger partial charge in [0.25, 0.3) is 0 Å². The maximum absolute atomic E-state index is 13.0. The molecule has 0 aromatic carbocycles. The van der Waals surface area contributed by atoms with Crippen molar-refractivity contribution < 1.29 is 28.6 Å². The van der Waals surface area contributed by atoms with Gasteiger partial charge in [-0.15, -0.1) is 0 Å². The zero-order chi connectivity index (χ0) is 59.2. The maximum Gasteiger partial charge on any atom is 0.306 e. The molecule has 0 bridgehead atoms. The first-order valence-electron chi connectivity index (χ1n) is 34.2. The van der Waals surface area contributed by atoms with Crippen molar-refractivity contribution in [3.8, 4) is 0 Å². The molecule has 1 atom stereocenters. The number of unbranched alkanes of at least 4 members (excludes halogenated alkanes) is 28. The molecule has 0 N–H and O–H groups in total. The lowest BCUT2D eigenvalue weighted by Crippen LogP contribution is -2.30. The Hall–Kier alpha value is -4.45. The fraction of sp³-hybridized carbons (Fsp3) is 0.671. The molecule has 82 heavy (non-hydrogen) atoms. The number of hydrogen-bond acceptors (Lipinski definition) is 6. The minimum absolute atomic E-state index is 0.0979. The van der Waals surface area contributed by atoms with E-state index in [0.29, 0.717) is 19.3 Å². The van der Waals surface area contributed by atoms with E-state index >= 15 is 0 Å². The van der Waals surface area contributed by atoms with Gasteiger partial charge in [0.15, 0.2) is 6.10 Å². The summed E-state index contributed by atoms with van der Waals surface area (Å²) in [6.07, 6.45) is 97.5. The van der Waals surface area contributed by atoms with Crippen molar-refractivity contribution in [3.63, 3.8) is 0 Å². The van der Waals surface area contributed by atoms with Gasteiger partial charge in [-0.25, -0.2) is 0 Å². The zero-order valence-electron chi connectivity index (χ0n) is 53.5. The van der Waals surface area contributed by atoms with Crippen LogP contribution in [0.4, 0.5) is 0 Å². The number of allylic oxidation sites excluding steroid dienone is 22. The fourth-order valence-corrected chi connectivity index (χ4v) is 9.36. The van der Waals surface area contributed by atoms with Crippen LogP contribution in [0.1, 0.15) is 310 Å². The molecule has 466 valence electrons. The van der Waals surface area contributed by atoms with Crippen molar-refractivity contribution >= 4 is 17.9 Å². The van der Waals surface area contributed by atoms with Gasteiger partial charge in [-0.1, -0.05) is 309 Å². The summed E-state index contributed by atoms with van der Waals surface area (Å²) in [5.74, 6) is -0.935. The second-order valence-electron chi connectivity index (χ2n) is 22.3. The lowest BCUT2D eigenvalue weighted by molar-refractivity contribution is -0.167. The minimum Gasteiger partial charge on any atom is -0.462 e. The summed E-state index contributed by atoms with van der Waals surface area (Å²) in [6.45, 7) is 6.40. The summed E-state index contributed by atoms with van der Waals surface area (Å²) in [6, 6.07) is 0. The molecule has 0 amide bonds. The van der Waals surface area contributed by atoms with Crippen LogP contribution in [0.25, 0.3) is 0 Å². The van der Waals surface area contributed by atoms with Gasteiger partial charge in [0, 0.05) is 19.3 Å². The molecule has 0 rings (SSSR count). The van der Waals surface area contributed by atoms with Gasteiger partial charge in [0.2, 0.25) is 0 Å². The molecular weight excluding hydrogens is 1010 g/mol. The number of hydrogen-bond donors (Lipinski definition) is 0. The lowest BCUT2D eigenvalue weighted by Gasteiger charge is -2.18. The molecule has 0 heterocycles. The summed E-state index contributed by atoms with van der Waals surface area (Å²) in [7, 11) is 0. The molecule has 0 radical (unpaired) electrons. The normalized spacial score (nSPS) is 13.0. The van der Waals surface area contributed by atoms with Gasteiger partial charge in [-0.05, 0) is 116 Å². The first kappa shape index (κ1) is 77.5. The lowest BCUT2D eigenvalue weighted by atomic mass is 10.0. The van der Waals surface area contributed by atoms with Gasteiger partial charge in [-0.3, -0.25) is 14.4 Å². The highest BCUT2D eigenvalue weighted by molar-refractivity contribution is 5.71. The van der Waals surface area contributed by atoms with E-state index in [2.05, 4.69) is 154 Å². The van der Waals surface area contributed by atoms with Crippen LogP contribution >= 0.6 is 0 Å². The van der Waals surface area contributed by atoms with Crippen molar-refractivity contribution in [2.75, 3.05) is 13.2 Å². The highest BCUT2D eigenvalue weighted by Gasteiger charge is 2.19. The predicted octanol–water partition coefficient (Wildman–Crippen LogP) is 23.7. The number of esters is 3. The average Bonchev–Trinajstić information content (AvgIpc) is 3.47. The Morgan fingerprint density at radius 1 is 0.256 bits per heavy atom. The van der Waals surface area contributed by atoms with Gasteiger partial charge in [-0.2, -0.15) is 0 Å². The largest absolute Gasteiger partial charge is 0.462 e. The number of rotatable bonds is 61. The average molecular weight is 1140 g/mol. The molecule has 1 unspecified atom stereocenters. The van der Waals surface area contributed by atoms with Crippen LogP contribution in [0.3, 0.4) is 0 Å². The van der Waals surface area contributed by atoms with Crippen molar-refractivity contribution in [2.24, 2.45) is 0 Å². The number of ether oxygens (including phenoxy) is 3. The third kappa shape index (κ3) is 66.4. The second kappa shape index (κ2) is 69.0. The van der Waals surface area contributed by atoms with Crippen LogP contribution in [-0.2, 0) is 28.6 Å². The molecule has 6 heteroatoms. The monoisotopic (exact) mass is 1130 g/mol. The van der Waals surface area contributed by atoms with E-state index < -0.39 is 6.10 Å². The fourth-order valence-electron chi connectivity index (χ4n) is 9.36. The topological polar surface area (TPSA) is 78.9 Å². The molecule has 6 nitrogen and oxygen atoms in total. The van der Waals surface area contributed by atoms with E-state index in [0.717, 1.165) is 148 Å². The van der Waals surface area contributed by atoms with Crippen molar-refractivity contribution in [1.82, 2.24) is 0 Å². The van der Waals surface area contributed by atoms with Crippen LogP contribution in [0, 0.1) is 0 Å². The van der Waals surface area contributed by atoms with Crippen LogP contribution in [0.2, 0.25) is 0 Å². The SMILES string of the molecule is CC/C=C\C/C=C\C/C=C\C/C=C\C/C=C\C/C=C\C/C=C\CCCCCC(=O)OCC(COC(=O)CCCCCCCC/C=C\C/C=C\C/C=C\C/C=C\CC)OC(=O)CCCCCCCCCCCCCCCCCCCCCC. The Morgan fingerprint density at radius 3 is 0.756 bits per heavy atom. The van der Waals surface area contributed by atoms with E-state index in [9.17, 15) is 14.4 Å². The molecule has 0 fully saturated rings. The summed E-state index contributed by atoms with van der Waals surface area (Å²) in [5, 5.41) is 0. The zero-order valence-corrected chi connectivity index (χ0v) is 53.5. The highest BCUT2D eigenvalue weighted by Crippen LogP contribution is 2.17. The standard InChI is InChI=1S/C76H126O6/c1-4-7-10-13-16-19-22-25-28-31-34-36-37-38-39-40-43-45-48-51-54-57-60-63-66-69-75(78)81-72-73(71-80-74(77)68-65-62-59-56-53-50-47-44-41-33-30-27-24-21-18-15-12-9-6-3)82-76(79)70-67-64-61-58-55-52-49-46-42-35-32-29-26-23-20-17-14-11-8-5-2/h7,9-10,12,16,18-19,21,25,27-28,30,34,36,38-39,41,43-45,51,54,73H,4-6,8,11,13-15,17,20,22-24,26,29,31-33,35,37,40,42,46-50,52-53,55-72H2,1-3H3/b10-7-,12-9-,19-16-,21-18-,28-25-,30-27-,36-34-,39-38-,44-41-,45-43-,54-51-. The summed E-state index contributed by atoms with van der Waals surface area (Å²) in [5.41, 5.74) is 0. The minimum atomic E-state index is -0.804. The Kier molecular flexibility index (Phi) is 65.3. The number of carbonyl (C=O) groups excluding carboxylic acids is 3. The van der Waals surface area contributed by atoms with E-state index in [1.807, 2.05) is 0 Å². The van der Waals surface area contributed by atoms with Gasteiger partial charge < -0.3 is 14.2 Å². The van der Waals surface area contributed by atoms with Gasteiger partial charge in [0.05, 0.1) is 0 Å². The Labute approximate surface area is 506 Å². The predicted molar refractivity (Wildman–Crippen MR) is 357 cm³/mol. The van der Waals surface area contributed by atoms with Crippen molar-refractivity contribution in [3.05, 3.63) is 134 Å². The van der Waals surface area contributed by atoms with Crippen molar-refractivity contribution in [1.29, 1.82) is 0 Å². The molecule has 0 aliphatic carbocycles. The Balaban J connectivity index is 4.47. The number of carbonyl (C=O) groups is 3. The third-order valence-electron chi connectivity index (χ3n) is 14.4. The van der Waals surface area contributed by atoms with Gasteiger partial charge >= 0.3 is 17.9 Å². The molecule has 0 aliphatic rings. The molecular formula is C76H126O6. The second-order valence-corrected chi connectivity index (χ2v) is 22.3. The van der Waals surface area contributed by atoms with Crippen LogP contribution in [0.5, 0.6) is 0 Å². The molecule has 0 saturated carbocycles. The summed E-state index contributed by atoms with van der Waals surface area (Å²) in [4.78, 5) is 38.5. The summed E-state index contributed by atoms with van der Waals surface area (Å²) < 4.78 is 16.9. The molecule has 0 aromatic heterocycles. The van der Waals surface area contributed by atoms with Crippen LogP contribution in [-0.4, -0.2) is 37.2 Å². The van der Waals surface area contributed by atoms with E-state index in [4.69, 9.17) is 14.2 Å². The summed E-state index contributed by atoms with van der Waals surface area (Å²) >= 11 is 0. The van der Waals surface area contributed by atoms with Crippen molar-refractivity contribution in [2.45, 2.75) is 316 Å². The van der Waals surface area contributed by atoms with E-state index in [1.54, 1.807) is 0 Å². The quantitative estimate of drug-likeness (QED) is 0.0261. The Morgan fingerprint density at radius 2 is 0.476 bits per heavy atom. The first-order chi connectivity index (χ1) is 40.5. The third-order valence-corrected chi connectivity index (χ3v) is 14.4. The smallest absolute Gasteiger partial charge is 0.306 e. The van der Waals surface area contributed by atoms with Crippen LogP contribution in [0.15, 0.2) is 134 Å². The maximum atomic E-state index is 13.0. The molecule has 0 aliphatic heterocycles. The highest BCUT2D eigenvalue weighted by atomic mass is 16.6. The molecule has 0 aromatic rings. The van der Waals surface area contributed by atoms with Gasteiger partial charge in [0.1, 0.15) is 13.2 Å². The molecule has 0 spiro atoms. The molecule has 0 saturated heterocycles. The first-order valence-corrected chi connectivity index (χ1v) is 34.2. The van der Waals surface area contributed by atoms with E-state index in [1.165, 1.54) is 122 Å². The van der Waals surface area contributed by atoms with E-state index in [-0.39, 0.29) is 31.1 Å². The van der Waals surface area contributed by atoms with Crippen LogP contribution < -0.4 is 0 Å².